The molecule has 1 amide bonds. The highest BCUT2D eigenvalue weighted by Gasteiger charge is 2.51. The van der Waals surface area contributed by atoms with Gasteiger partial charge in [0.25, 0.3) is 0 Å². The Bertz CT molecular complexity index is 412. The van der Waals surface area contributed by atoms with E-state index in [1.54, 1.807) is 0 Å². The third kappa shape index (κ3) is 4.55. The van der Waals surface area contributed by atoms with Crippen LogP contribution in [0.15, 0.2) is 0 Å². The normalized spacial score (nSPS) is 32.1. The lowest BCUT2D eigenvalue weighted by atomic mass is 9.98. The molecule has 0 aromatic rings. The summed E-state index contributed by atoms with van der Waals surface area (Å²) in [6.45, 7) is 1.49. The number of ether oxygens (including phenoxy) is 4. The third-order valence-corrected chi connectivity index (χ3v) is 2.65. The van der Waals surface area contributed by atoms with E-state index in [0.717, 1.165) is 13.8 Å². The quantitative estimate of drug-likeness (QED) is 0.396. The van der Waals surface area contributed by atoms with Gasteiger partial charge in [-0.3, -0.25) is 9.59 Å². The third-order valence-electron chi connectivity index (χ3n) is 2.65. The fourth-order valence-corrected chi connectivity index (χ4v) is 1.96. The van der Waals surface area contributed by atoms with Crippen molar-refractivity contribution in [2.75, 3.05) is 6.61 Å². The smallest absolute Gasteiger partial charge is 0.405 e. The van der Waals surface area contributed by atoms with Crippen molar-refractivity contribution < 1.29 is 43.5 Å². The average molecular weight is 307 g/mol. The molecule has 120 valence electrons. The lowest BCUT2D eigenvalue weighted by molar-refractivity contribution is -0.292. The zero-order chi connectivity index (χ0) is 16.2. The van der Waals surface area contributed by atoms with Gasteiger partial charge in [-0.25, -0.2) is 4.79 Å². The summed E-state index contributed by atoms with van der Waals surface area (Å²) in [7, 11) is 0. The van der Waals surface area contributed by atoms with Crippen LogP contribution in [-0.2, 0) is 28.5 Å². The molecule has 1 aliphatic heterocycles. The van der Waals surface area contributed by atoms with Crippen molar-refractivity contribution >= 4 is 18.0 Å². The number of primary amides is 1. The second kappa shape index (κ2) is 7.20. The van der Waals surface area contributed by atoms with Gasteiger partial charge in [-0.15, -0.1) is 0 Å². The predicted molar refractivity (Wildman–Crippen MR) is 63.5 cm³/mol. The van der Waals surface area contributed by atoms with Crippen LogP contribution < -0.4 is 5.73 Å². The Morgan fingerprint density at radius 1 is 1.05 bits per heavy atom. The molecule has 5 atom stereocenters. The van der Waals surface area contributed by atoms with Crippen molar-refractivity contribution in [1.82, 2.24) is 0 Å². The van der Waals surface area contributed by atoms with Crippen molar-refractivity contribution in [3.63, 3.8) is 0 Å². The molecule has 1 aliphatic rings. The van der Waals surface area contributed by atoms with Crippen LogP contribution in [0.1, 0.15) is 13.8 Å². The Morgan fingerprint density at radius 3 is 2.00 bits per heavy atom. The summed E-state index contributed by atoms with van der Waals surface area (Å²) in [6, 6.07) is 0. The van der Waals surface area contributed by atoms with Crippen LogP contribution in [0, 0.1) is 0 Å². The lowest BCUT2D eigenvalue weighted by Crippen LogP contribution is -2.62. The van der Waals surface area contributed by atoms with E-state index >= 15 is 0 Å². The van der Waals surface area contributed by atoms with E-state index in [1.807, 2.05) is 0 Å². The molecule has 1 heterocycles. The van der Waals surface area contributed by atoms with Crippen LogP contribution in [0.2, 0.25) is 0 Å². The summed E-state index contributed by atoms with van der Waals surface area (Å²) in [6.07, 6.45) is -8.24. The van der Waals surface area contributed by atoms with Gasteiger partial charge in [0.1, 0.15) is 6.10 Å². The zero-order valence-corrected chi connectivity index (χ0v) is 11.4. The van der Waals surface area contributed by atoms with Gasteiger partial charge in [0.15, 0.2) is 24.6 Å². The number of amides is 1. The Kier molecular flexibility index (Phi) is 5.88. The molecule has 0 bridgehead atoms. The monoisotopic (exact) mass is 307 g/mol. The van der Waals surface area contributed by atoms with Gasteiger partial charge >= 0.3 is 18.0 Å². The first-order valence-electron chi connectivity index (χ1n) is 6.01. The highest BCUT2D eigenvalue weighted by atomic mass is 16.7. The average Bonchev–Trinajstić information content (AvgIpc) is 2.35. The van der Waals surface area contributed by atoms with E-state index in [0.29, 0.717) is 0 Å². The molecule has 0 spiro atoms. The summed E-state index contributed by atoms with van der Waals surface area (Å²) in [5.74, 6) is -1.55. The van der Waals surface area contributed by atoms with Gasteiger partial charge in [-0.2, -0.15) is 0 Å². The summed E-state index contributed by atoms with van der Waals surface area (Å²) in [5.41, 5.74) is 4.91. The Labute approximate surface area is 119 Å². The first kappa shape index (κ1) is 17.1. The van der Waals surface area contributed by atoms with Gasteiger partial charge < -0.3 is 34.9 Å². The first-order valence-corrected chi connectivity index (χ1v) is 6.01. The first-order chi connectivity index (χ1) is 9.76. The molecular weight excluding hydrogens is 290 g/mol. The van der Waals surface area contributed by atoms with Crippen molar-refractivity contribution in [3.05, 3.63) is 0 Å². The van der Waals surface area contributed by atoms with E-state index in [4.69, 9.17) is 24.7 Å². The molecule has 10 nitrogen and oxygen atoms in total. The highest BCUT2D eigenvalue weighted by molar-refractivity contribution is 5.68. The van der Waals surface area contributed by atoms with Crippen LogP contribution in [0.4, 0.5) is 4.79 Å². The largest absolute Gasteiger partial charge is 0.454 e. The Hall–Kier alpha value is -1.91. The predicted octanol–water partition coefficient (Wildman–Crippen LogP) is -1.98. The Morgan fingerprint density at radius 2 is 1.57 bits per heavy atom. The molecule has 1 saturated heterocycles. The molecule has 0 aromatic carbocycles. The van der Waals surface area contributed by atoms with E-state index < -0.39 is 55.3 Å². The number of hydrogen-bond donors (Lipinski definition) is 3. The molecule has 0 saturated carbocycles. The minimum atomic E-state index is -1.68. The summed E-state index contributed by atoms with van der Waals surface area (Å²) >= 11 is 0. The fraction of sp³-hybridized carbons (Fsp3) is 0.727. The van der Waals surface area contributed by atoms with Crippen LogP contribution in [0.3, 0.4) is 0 Å². The maximum absolute atomic E-state index is 11.2. The van der Waals surface area contributed by atoms with Crippen LogP contribution in [0.5, 0.6) is 0 Å². The molecule has 1 rings (SSSR count). The fourth-order valence-electron chi connectivity index (χ4n) is 1.96. The molecule has 0 aliphatic carbocycles. The summed E-state index contributed by atoms with van der Waals surface area (Å²) < 4.78 is 19.5. The molecule has 21 heavy (non-hydrogen) atoms. The van der Waals surface area contributed by atoms with E-state index in [-0.39, 0.29) is 0 Å². The van der Waals surface area contributed by atoms with E-state index in [1.165, 1.54) is 0 Å². The van der Waals surface area contributed by atoms with Crippen molar-refractivity contribution in [2.24, 2.45) is 5.73 Å². The lowest BCUT2D eigenvalue weighted by Gasteiger charge is -2.42. The van der Waals surface area contributed by atoms with Crippen molar-refractivity contribution in [1.29, 1.82) is 0 Å². The van der Waals surface area contributed by atoms with Crippen molar-refractivity contribution in [3.8, 4) is 0 Å². The number of carbonyl (C=O) groups is 3. The minimum absolute atomic E-state index is 0.653. The maximum atomic E-state index is 11.2. The molecule has 1 fully saturated rings. The van der Waals surface area contributed by atoms with Crippen LogP contribution in [0.25, 0.3) is 0 Å². The second-order valence-electron chi connectivity index (χ2n) is 4.30. The summed E-state index contributed by atoms with van der Waals surface area (Å²) in [5, 5.41) is 19.0. The van der Waals surface area contributed by atoms with Crippen molar-refractivity contribution in [2.45, 2.75) is 44.6 Å². The number of rotatable bonds is 4. The Balaban J connectivity index is 3.08. The van der Waals surface area contributed by atoms with Gasteiger partial charge in [0.2, 0.25) is 0 Å². The van der Waals surface area contributed by atoms with E-state index in [9.17, 15) is 24.6 Å². The highest BCUT2D eigenvalue weighted by Crippen LogP contribution is 2.27. The molecule has 4 N–H and O–H groups in total. The van der Waals surface area contributed by atoms with Crippen LogP contribution >= 0.6 is 0 Å². The molecular formula is C11H17NO9. The number of aliphatic hydroxyl groups excluding tert-OH is 2. The number of nitrogens with two attached hydrogens (primary N) is 1. The SMILES string of the molecule is CC(=O)O[C@@H]1[C@H](OC(C)=O)[C@@H](O)O[C@H](CO)[C@H]1OC(N)=O. The standard InChI is InChI=1S/C11H17NO9/c1-4(14)18-8-7(21-11(12)17)6(3-13)20-10(16)9(8)19-5(2)15/h6-10,13,16H,3H2,1-2H3,(H2,12,17)/t6-,7-,8+,9+,10+/m1/s1. The zero-order valence-electron chi connectivity index (χ0n) is 11.4. The van der Waals surface area contributed by atoms with Gasteiger partial charge in [0.05, 0.1) is 6.61 Å². The molecule has 0 unspecified atom stereocenters. The summed E-state index contributed by atoms with van der Waals surface area (Å²) in [4.78, 5) is 33.1. The number of aliphatic hydroxyl groups is 2. The molecule has 10 heteroatoms. The van der Waals surface area contributed by atoms with E-state index in [2.05, 4.69) is 0 Å². The maximum Gasteiger partial charge on any atom is 0.405 e. The van der Waals surface area contributed by atoms with Crippen LogP contribution in [-0.4, -0.2) is 65.6 Å². The number of esters is 2. The topological polar surface area (TPSA) is 155 Å². The van der Waals surface area contributed by atoms with Gasteiger partial charge in [-0.1, -0.05) is 0 Å². The van der Waals surface area contributed by atoms with Gasteiger partial charge in [0, 0.05) is 13.8 Å². The second-order valence-corrected chi connectivity index (χ2v) is 4.30. The van der Waals surface area contributed by atoms with Gasteiger partial charge in [-0.05, 0) is 0 Å². The number of carbonyl (C=O) groups excluding carboxylic acids is 3. The number of hydrogen-bond acceptors (Lipinski definition) is 9. The molecule has 0 aromatic heterocycles. The molecule has 0 radical (unpaired) electrons. The minimum Gasteiger partial charge on any atom is -0.454 e.